The molecule has 9 heteroatoms. The van der Waals surface area contributed by atoms with Crippen LogP contribution in [0.1, 0.15) is 52.7 Å². The van der Waals surface area contributed by atoms with E-state index in [1.807, 2.05) is 43.5 Å². The first-order chi connectivity index (χ1) is 18.7. The molecule has 0 bridgehead atoms. The molecule has 39 heavy (non-hydrogen) atoms. The van der Waals surface area contributed by atoms with Crippen molar-refractivity contribution < 1.29 is 23.1 Å². The number of carbonyl (C=O) groups excluding carboxylic acids is 2. The highest BCUT2D eigenvalue weighted by Crippen LogP contribution is 2.36. The molecule has 3 aromatic rings. The van der Waals surface area contributed by atoms with Crippen LogP contribution in [0.2, 0.25) is 0 Å². The molecule has 2 aliphatic heterocycles. The summed E-state index contributed by atoms with van der Waals surface area (Å²) in [4.78, 5) is 32.6. The summed E-state index contributed by atoms with van der Waals surface area (Å²) < 4.78 is 33.2. The van der Waals surface area contributed by atoms with E-state index in [0.29, 0.717) is 12.2 Å². The summed E-state index contributed by atoms with van der Waals surface area (Å²) in [7, 11) is 0. The van der Waals surface area contributed by atoms with Gasteiger partial charge in [0.15, 0.2) is 5.13 Å². The van der Waals surface area contributed by atoms with E-state index in [-0.39, 0.29) is 37.8 Å². The van der Waals surface area contributed by atoms with Crippen LogP contribution in [0.5, 0.6) is 5.75 Å². The maximum Gasteiger partial charge on any atom is 0.253 e. The molecule has 0 spiro atoms. The quantitative estimate of drug-likeness (QED) is 0.322. The summed E-state index contributed by atoms with van der Waals surface area (Å²) in [6.45, 7) is 6.08. The Morgan fingerprint density at radius 3 is 2.54 bits per heavy atom. The third-order valence-corrected chi connectivity index (χ3v) is 8.56. The lowest BCUT2D eigenvalue weighted by Crippen LogP contribution is -2.42. The highest BCUT2D eigenvalue weighted by Gasteiger charge is 2.35. The monoisotopic (exact) mass is 553 g/mol. The van der Waals surface area contributed by atoms with Gasteiger partial charge in [-0.25, -0.2) is 13.8 Å². The lowest BCUT2D eigenvalue weighted by Gasteiger charge is -2.31. The minimum atomic E-state index is -2.68. The van der Waals surface area contributed by atoms with Crippen LogP contribution in [0.3, 0.4) is 0 Å². The van der Waals surface area contributed by atoms with E-state index < -0.39 is 5.92 Å². The molecule has 6 nitrogen and oxygen atoms in total. The van der Waals surface area contributed by atoms with Gasteiger partial charge in [-0.2, -0.15) is 0 Å². The summed E-state index contributed by atoms with van der Waals surface area (Å²) >= 11 is 1.60. The van der Waals surface area contributed by atoms with E-state index in [4.69, 9.17) is 9.72 Å². The maximum absolute atomic E-state index is 13.5. The van der Waals surface area contributed by atoms with E-state index in [1.54, 1.807) is 17.4 Å². The van der Waals surface area contributed by atoms with Gasteiger partial charge in [0.05, 0.1) is 5.69 Å². The molecule has 0 saturated carbocycles. The van der Waals surface area contributed by atoms with Crippen molar-refractivity contribution in [1.29, 1.82) is 0 Å². The average Bonchev–Trinajstić information content (AvgIpc) is 3.43. The third-order valence-electron chi connectivity index (χ3n) is 7.66. The summed E-state index contributed by atoms with van der Waals surface area (Å²) in [6, 6.07) is 11.5. The minimum Gasteiger partial charge on any atom is -0.488 e. The van der Waals surface area contributed by atoms with E-state index >= 15 is 0 Å². The van der Waals surface area contributed by atoms with Gasteiger partial charge in [0.2, 0.25) is 0 Å². The molecule has 1 amide bonds. The molecule has 0 radical (unpaired) electrons. The highest BCUT2D eigenvalue weighted by atomic mass is 32.1. The van der Waals surface area contributed by atoms with Crippen LogP contribution in [0.15, 0.2) is 41.8 Å². The number of carbonyl (C=O) groups is 2. The number of aromatic nitrogens is 1. The summed E-state index contributed by atoms with van der Waals surface area (Å²) in [5, 5.41) is 3.00. The van der Waals surface area contributed by atoms with E-state index in [2.05, 4.69) is 11.0 Å². The topological polar surface area (TPSA) is 62.7 Å². The number of halogens is 2. The number of hydrogen-bond donors (Lipinski definition) is 0. The number of ether oxygens (including phenoxy) is 1. The number of hydrogen-bond acceptors (Lipinski definition) is 6. The van der Waals surface area contributed by atoms with Crippen LogP contribution in [0, 0.1) is 19.8 Å². The number of rotatable bonds is 7. The van der Waals surface area contributed by atoms with Crippen molar-refractivity contribution in [2.75, 3.05) is 31.1 Å². The third kappa shape index (κ3) is 6.30. The fourth-order valence-electron chi connectivity index (χ4n) is 5.10. The molecule has 0 atom stereocenters. The number of thiazole rings is 1. The first-order valence-electron chi connectivity index (χ1n) is 13.4. The zero-order chi connectivity index (χ0) is 27.6. The number of piperidine rings is 2. The fraction of sp³-hybridized carbons (Fsp3) is 0.433. The van der Waals surface area contributed by atoms with Crippen molar-refractivity contribution in [2.24, 2.45) is 5.92 Å². The van der Waals surface area contributed by atoms with Crippen LogP contribution in [0.4, 0.5) is 13.9 Å². The first-order valence-corrected chi connectivity index (χ1v) is 14.3. The maximum atomic E-state index is 13.5. The molecule has 206 valence electrons. The zero-order valence-electron chi connectivity index (χ0n) is 22.3. The molecule has 0 aliphatic carbocycles. The predicted octanol–water partition coefficient (Wildman–Crippen LogP) is 6.29. The van der Waals surface area contributed by atoms with Gasteiger partial charge in [0.25, 0.3) is 11.8 Å². The number of anilines is 1. The Morgan fingerprint density at radius 1 is 1.10 bits per heavy atom. The van der Waals surface area contributed by atoms with Crippen molar-refractivity contribution in [2.45, 2.75) is 52.1 Å². The molecular formula is C30H33F2N3O3S. The Hall–Kier alpha value is -3.33. The Morgan fingerprint density at radius 2 is 1.85 bits per heavy atom. The largest absolute Gasteiger partial charge is 0.488 e. The van der Waals surface area contributed by atoms with E-state index in [0.717, 1.165) is 71.0 Å². The number of aryl methyl sites for hydroxylation is 2. The van der Waals surface area contributed by atoms with Gasteiger partial charge in [-0.15, -0.1) is 11.3 Å². The Labute approximate surface area is 231 Å². The first kappa shape index (κ1) is 27.2. The number of likely N-dealkylation sites (tertiary alicyclic amines) is 1. The summed E-state index contributed by atoms with van der Waals surface area (Å²) in [6.07, 6.45) is 2.19. The average molecular weight is 554 g/mol. The van der Waals surface area contributed by atoms with Gasteiger partial charge in [0, 0.05) is 61.4 Å². The molecule has 0 N–H and O–H groups in total. The number of amides is 1. The van der Waals surface area contributed by atoms with Crippen LogP contribution >= 0.6 is 11.3 Å². The SMILES string of the molecule is Cc1ccc(OCc2ccc(C(=O)N3CCC(F)(F)CC3)cc2C)c(-c2csc(N3CCC(C=O)CC3)n2)c1. The Bertz CT molecular complexity index is 1340. The van der Waals surface area contributed by atoms with Crippen LogP contribution < -0.4 is 9.64 Å². The van der Waals surface area contributed by atoms with E-state index in [1.165, 1.54) is 4.90 Å². The Balaban J connectivity index is 1.27. The Kier molecular flexibility index (Phi) is 7.98. The van der Waals surface area contributed by atoms with Crippen LogP contribution in [-0.2, 0) is 11.4 Å². The van der Waals surface area contributed by atoms with Gasteiger partial charge < -0.3 is 19.3 Å². The van der Waals surface area contributed by atoms with Crippen molar-refractivity contribution in [3.63, 3.8) is 0 Å². The summed E-state index contributed by atoms with van der Waals surface area (Å²) in [5.41, 5.74) is 5.24. The molecule has 1 aromatic heterocycles. The predicted molar refractivity (Wildman–Crippen MR) is 149 cm³/mol. The second kappa shape index (κ2) is 11.4. The van der Waals surface area contributed by atoms with Crippen molar-refractivity contribution in [3.05, 3.63) is 64.0 Å². The lowest BCUT2D eigenvalue weighted by molar-refractivity contribution is -0.111. The molecule has 0 unspecified atom stereocenters. The molecule has 3 heterocycles. The normalized spacial score (nSPS) is 17.7. The number of aldehydes is 1. The number of nitrogens with zero attached hydrogens (tertiary/aromatic N) is 3. The molecular weight excluding hydrogens is 520 g/mol. The second-order valence-electron chi connectivity index (χ2n) is 10.6. The highest BCUT2D eigenvalue weighted by molar-refractivity contribution is 7.14. The minimum absolute atomic E-state index is 0.0707. The van der Waals surface area contributed by atoms with Crippen LogP contribution in [0.25, 0.3) is 11.3 Å². The lowest BCUT2D eigenvalue weighted by atomic mass is 9.99. The van der Waals surface area contributed by atoms with E-state index in [9.17, 15) is 18.4 Å². The van der Waals surface area contributed by atoms with Crippen molar-refractivity contribution >= 4 is 28.7 Å². The van der Waals surface area contributed by atoms with Gasteiger partial charge in [0.1, 0.15) is 18.6 Å². The second-order valence-corrected chi connectivity index (χ2v) is 11.4. The van der Waals surface area contributed by atoms with Crippen LogP contribution in [-0.4, -0.2) is 54.2 Å². The van der Waals surface area contributed by atoms with Crippen molar-refractivity contribution in [1.82, 2.24) is 9.88 Å². The molecule has 5 rings (SSSR count). The number of benzene rings is 2. The molecule has 2 saturated heterocycles. The molecule has 2 fully saturated rings. The smallest absolute Gasteiger partial charge is 0.253 e. The van der Waals surface area contributed by atoms with Gasteiger partial charge in [-0.3, -0.25) is 4.79 Å². The standard InChI is InChI=1S/C30H33F2N3O3S/c1-20-3-6-27(25(15-20)26-19-39-29(33-26)35-11-7-22(17-36)8-12-35)38-18-24-5-4-23(16-21(24)2)28(37)34-13-9-30(31,32)10-14-34/h3-6,15-17,19,22H,7-14,18H2,1-2H3. The van der Waals surface area contributed by atoms with Crippen molar-refractivity contribution in [3.8, 4) is 17.0 Å². The van der Waals surface area contributed by atoms with Gasteiger partial charge >= 0.3 is 0 Å². The summed E-state index contributed by atoms with van der Waals surface area (Å²) in [5.74, 6) is -2.02. The van der Waals surface area contributed by atoms with Gasteiger partial charge in [-0.1, -0.05) is 17.7 Å². The zero-order valence-corrected chi connectivity index (χ0v) is 23.1. The van der Waals surface area contributed by atoms with Gasteiger partial charge in [-0.05, 0) is 62.1 Å². The number of alkyl halides is 2. The molecule has 2 aliphatic rings. The fourth-order valence-corrected chi connectivity index (χ4v) is 5.98. The molecule has 2 aromatic carbocycles.